The normalized spacial score (nSPS) is 21.3. The molecule has 0 bridgehead atoms. The van der Waals surface area contributed by atoms with Crippen molar-refractivity contribution in [2.75, 3.05) is 0 Å². The van der Waals surface area contributed by atoms with Gasteiger partial charge in [0.2, 0.25) is 0 Å². The van der Waals surface area contributed by atoms with Crippen molar-refractivity contribution >= 4 is 7.32 Å². The molecule has 6 atom stereocenters. The first-order valence-electron chi connectivity index (χ1n) is 6.65. The Bertz CT molecular complexity index is 198. The van der Waals surface area contributed by atoms with E-state index in [1.807, 2.05) is 0 Å². The summed E-state index contributed by atoms with van der Waals surface area (Å²) in [7, 11) is -1.06. The highest BCUT2D eigenvalue weighted by Crippen LogP contribution is 2.11. The fraction of sp³-hybridized carbons (Fsp3) is 1.00. The average Bonchev–Trinajstić information content (AvgIpc) is 2.27. The maximum absolute atomic E-state index is 9.42. The third-order valence-electron chi connectivity index (χ3n) is 3.02. The first kappa shape index (κ1) is 18.8. The fourth-order valence-electron chi connectivity index (χ4n) is 0.963. The summed E-state index contributed by atoms with van der Waals surface area (Å²) < 4.78 is 16.3. The van der Waals surface area contributed by atoms with Crippen LogP contribution in [0.2, 0.25) is 0 Å². The summed E-state index contributed by atoms with van der Waals surface area (Å²) in [5.74, 6) is 0. The van der Waals surface area contributed by atoms with Crippen LogP contribution in [0.15, 0.2) is 0 Å². The number of rotatable bonds is 9. The van der Waals surface area contributed by atoms with Crippen molar-refractivity contribution in [2.24, 2.45) is 0 Å². The molecule has 0 aliphatic rings. The lowest BCUT2D eigenvalue weighted by Gasteiger charge is -2.27. The van der Waals surface area contributed by atoms with Gasteiger partial charge < -0.3 is 29.3 Å². The minimum absolute atomic E-state index is 0.493. The van der Waals surface area contributed by atoms with Crippen LogP contribution in [0, 0.1) is 0 Å². The van der Waals surface area contributed by atoms with Gasteiger partial charge in [0.05, 0.1) is 36.6 Å². The quantitative estimate of drug-likeness (QED) is 0.527. The Morgan fingerprint density at radius 2 is 0.789 bits per heavy atom. The third-order valence-corrected chi connectivity index (χ3v) is 3.02. The van der Waals surface area contributed by atoms with Crippen LogP contribution in [-0.4, -0.2) is 59.3 Å². The van der Waals surface area contributed by atoms with Gasteiger partial charge in [-0.25, -0.2) is 0 Å². The average molecular weight is 278 g/mol. The van der Waals surface area contributed by atoms with E-state index in [-0.39, 0.29) is 0 Å². The summed E-state index contributed by atoms with van der Waals surface area (Å²) in [5.41, 5.74) is 0. The first-order chi connectivity index (χ1) is 8.65. The van der Waals surface area contributed by atoms with Gasteiger partial charge in [-0.15, -0.1) is 0 Å². The Labute approximate surface area is 115 Å². The molecule has 0 aromatic heterocycles. The SMILES string of the molecule is CC(O)C(C)OB(OC(C)C(C)O)OC(C)C(C)O. The predicted molar refractivity (Wildman–Crippen MR) is 72.4 cm³/mol. The smallest absolute Gasteiger partial charge is 0.391 e. The number of aliphatic hydroxyl groups excluding tert-OH is 3. The van der Waals surface area contributed by atoms with Crippen LogP contribution in [0.3, 0.4) is 0 Å². The van der Waals surface area contributed by atoms with Gasteiger partial charge in [0.25, 0.3) is 0 Å². The van der Waals surface area contributed by atoms with Gasteiger partial charge in [0.15, 0.2) is 0 Å². The van der Waals surface area contributed by atoms with Gasteiger partial charge in [0, 0.05) is 0 Å². The van der Waals surface area contributed by atoms with Crippen LogP contribution in [0.1, 0.15) is 41.5 Å². The monoisotopic (exact) mass is 278 g/mol. The van der Waals surface area contributed by atoms with Crippen molar-refractivity contribution in [3.8, 4) is 0 Å². The second kappa shape index (κ2) is 8.89. The molecule has 0 aliphatic carbocycles. The Kier molecular flexibility index (Phi) is 8.81. The zero-order valence-corrected chi connectivity index (χ0v) is 12.6. The van der Waals surface area contributed by atoms with Crippen LogP contribution in [0.25, 0.3) is 0 Å². The Balaban J connectivity index is 4.54. The second-order valence-corrected chi connectivity index (χ2v) is 5.03. The second-order valence-electron chi connectivity index (χ2n) is 5.03. The van der Waals surface area contributed by atoms with Gasteiger partial charge in [-0.05, 0) is 41.5 Å². The third kappa shape index (κ3) is 7.86. The van der Waals surface area contributed by atoms with Gasteiger partial charge in [-0.2, -0.15) is 0 Å². The van der Waals surface area contributed by atoms with E-state index in [1.165, 1.54) is 0 Å². The lowest BCUT2D eigenvalue weighted by molar-refractivity contribution is -0.0548. The molecule has 0 aromatic carbocycles. The molecule has 19 heavy (non-hydrogen) atoms. The summed E-state index contributed by atoms with van der Waals surface area (Å²) in [5, 5.41) is 28.3. The van der Waals surface area contributed by atoms with E-state index in [2.05, 4.69) is 0 Å². The molecule has 7 heteroatoms. The van der Waals surface area contributed by atoms with Crippen molar-refractivity contribution in [2.45, 2.75) is 78.2 Å². The minimum Gasteiger partial charge on any atom is -0.391 e. The molecule has 6 nitrogen and oxygen atoms in total. The van der Waals surface area contributed by atoms with Crippen molar-refractivity contribution in [1.82, 2.24) is 0 Å². The molecule has 6 unspecified atom stereocenters. The Hall–Kier alpha value is -0.175. The molecular formula is C12H27BO6. The molecule has 0 spiro atoms. The van der Waals surface area contributed by atoms with E-state index in [0.717, 1.165) is 0 Å². The van der Waals surface area contributed by atoms with E-state index in [9.17, 15) is 15.3 Å². The topological polar surface area (TPSA) is 88.4 Å². The molecule has 0 aliphatic heterocycles. The van der Waals surface area contributed by atoms with Crippen molar-refractivity contribution in [1.29, 1.82) is 0 Å². The summed E-state index contributed by atoms with van der Waals surface area (Å²) in [6.07, 6.45) is -3.53. The van der Waals surface area contributed by atoms with E-state index < -0.39 is 43.9 Å². The zero-order valence-electron chi connectivity index (χ0n) is 12.6. The maximum Gasteiger partial charge on any atom is 0.640 e. The van der Waals surface area contributed by atoms with E-state index >= 15 is 0 Å². The van der Waals surface area contributed by atoms with Crippen molar-refractivity contribution < 1.29 is 29.3 Å². The van der Waals surface area contributed by atoms with Gasteiger partial charge in [-0.3, -0.25) is 0 Å². The van der Waals surface area contributed by atoms with Gasteiger partial charge >= 0.3 is 7.32 Å². The van der Waals surface area contributed by atoms with E-state index in [4.69, 9.17) is 14.0 Å². The summed E-state index contributed by atoms with van der Waals surface area (Å²) in [4.78, 5) is 0. The van der Waals surface area contributed by atoms with Crippen LogP contribution in [0.4, 0.5) is 0 Å². The molecule has 0 fully saturated rings. The molecule has 0 heterocycles. The van der Waals surface area contributed by atoms with Crippen LogP contribution in [-0.2, 0) is 14.0 Å². The Morgan fingerprint density at radius 3 is 0.947 bits per heavy atom. The molecule has 0 radical (unpaired) electrons. The molecule has 0 aromatic rings. The van der Waals surface area contributed by atoms with E-state index in [1.54, 1.807) is 41.5 Å². The highest BCUT2D eigenvalue weighted by Gasteiger charge is 2.32. The molecule has 3 N–H and O–H groups in total. The highest BCUT2D eigenvalue weighted by atomic mass is 16.7. The fourth-order valence-corrected chi connectivity index (χ4v) is 0.963. The van der Waals surface area contributed by atoms with Gasteiger partial charge in [0.1, 0.15) is 0 Å². The van der Waals surface area contributed by atoms with Crippen molar-refractivity contribution in [3.63, 3.8) is 0 Å². The Morgan fingerprint density at radius 1 is 0.579 bits per heavy atom. The molecule has 114 valence electrons. The number of hydrogen-bond acceptors (Lipinski definition) is 6. The predicted octanol–water partition coefficient (Wildman–Crippen LogP) is 0.329. The van der Waals surface area contributed by atoms with Gasteiger partial charge in [-0.1, -0.05) is 0 Å². The van der Waals surface area contributed by atoms with E-state index in [0.29, 0.717) is 0 Å². The standard InChI is InChI=1S/C12H27BO6/c1-7(14)10(4)17-13(18-11(5)8(2)15)19-12(6)9(3)16/h7-12,14-16H,1-6H3. The minimum atomic E-state index is -1.06. The molecular weight excluding hydrogens is 251 g/mol. The lowest BCUT2D eigenvalue weighted by atomic mass is 10.1. The summed E-state index contributed by atoms with van der Waals surface area (Å²) in [6.45, 7) is 9.84. The number of hydrogen-bond donors (Lipinski definition) is 3. The summed E-state index contributed by atoms with van der Waals surface area (Å²) >= 11 is 0. The summed E-state index contributed by atoms with van der Waals surface area (Å²) in [6, 6.07) is 0. The lowest BCUT2D eigenvalue weighted by Crippen LogP contribution is -2.43. The van der Waals surface area contributed by atoms with Crippen LogP contribution in [0.5, 0.6) is 0 Å². The van der Waals surface area contributed by atoms with Crippen LogP contribution < -0.4 is 0 Å². The number of aliphatic hydroxyl groups is 3. The molecule has 0 rings (SSSR count). The van der Waals surface area contributed by atoms with Crippen molar-refractivity contribution in [3.05, 3.63) is 0 Å². The maximum atomic E-state index is 9.42. The molecule has 0 saturated heterocycles. The zero-order chi connectivity index (χ0) is 15.2. The largest absolute Gasteiger partial charge is 0.640 e. The molecule has 0 saturated carbocycles. The first-order valence-corrected chi connectivity index (χ1v) is 6.65. The molecule has 0 amide bonds. The van der Waals surface area contributed by atoms with Crippen LogP contribution >= 0.6 is 0 Å². The highest BCUT2D eigenvalue weighted by molar-refractivity contribution is 6.36.